The third-order valence-corrected chi connectivity index (χ3v) is 4.83. The first-order valence-electron chi connectivity index (χ1n) is 6.57. The Hall–Kier alpha value is -1.58. The zero-order valence-electron chi connectivity index (χ0n) is 11.3. The summed E-state index contributed by atoms with van der Waals surface area (Å²) in [5.41, 5.74) is -1.02. The first-order chi connectivity index (χ1) is 9.92. The molecule has 1 heterocycles. The SMILES string of the molecule is O=[N+]([O-])c1c(F)cccc1S(=O)(=O)NCCN1CCCC1. The molecule has 0 bridgehead atoms. The quantitative estimate of drug-likeness (QED) is 0.626. The van der Waals surface area contributed by atoms with Gasteiger partial charge in [0.1, 0.15) is 0 Å². The van der Waals surface area contributed by atoms with Gasteiger partial charge >= 0.3 is 5.69 Å². The van der Waals surface area contributed by atoms with Crippen LogP contribution in [-0.4, -0.2) is 44.4 Å². The largest absolute Gasteiger partial charge is 0.324 e. The van der Waals surface area contributed by atoms with Gasteiger partial charge < -0.3 is 4.90 Å². The van der Waals surface area contributed by atoms with Crippen LogP contribution in [0.1, 0.15) is 12.8 Å². The van der Waals surface area contributed by atoms with Gasteiger partial charge in [-0.25, -0.2) is 13.1 Å². The fourth-order valence-electron chi connectivity index (χ4n) is 2.31. The van der Waals surface area contributed by atoms with Crippen molar-refractivity contribution in [1.29, 1.82) is 0 Å². The molecule has 0 amide bonds. The van der Waals surface area contributed by atoms with Crippen LogP contribution in [-0.2, 0) is 10.0 Å². The molecule has 1 fully saturated rings. The van der Waals surface area contributed by atoms with Gasteiger partial charge in [-0.05, 0) is 38.1 Å². The lowest BCUT2D eigenvalue weighted by atomic mass is 10.3. The van der Waals surface area contributed by atoms with E-state index in [0.29, 0.717) is 6.54 Å². The lowest BCUT2D eigenvalue weighted by Gasteiger charge is -2.14. The molecule has 0 spiro atoms. The summed E-state index contributed by atoms with van der Waals surface area (Å²) >= 11 is 0. The van der Waals surface area contributed by atoms with Gasteiger partial charge in [0.25, 0.3) is 0 Å². The Balaban J connectivity index is 2.12. The van der Waals surface area contributed by atoms with Gasteiger partial charge in [0.05, 0.1) is 4.92 Å². The van der Waals surface area contributed by atoms with E-state index in [9.17, 15) is 22.9 Å². The third-order valence-electron chi connectivity index (χ3n) is 3.34. The third kappa shape index (κ3) is 3.74. The molecule has 0 saturated carbocycles. The van der Waals surface area contributed by atoms with Crippen LogP contribution >= 0.6 is 0 Å². The van der Waals surface area contributed by atoms with E-state index in [2.05, 4.69) is 9.62 Å². The van der Waals surface area contributed by atoms with Crippen LogP contribution < -0.4 is 4.72 Å². The van der Waals surface area contributed by atoms with E-state index in [0.717, 1.165) is 44.1 Å². The molecular formula is C12H16FN3O4S. The Morgan fingerprint density at radius 2 is 2.00 bits per heavy atom. The van der Waals surface area contributed by atoms with Gasteiger partial charge in [-0.15, -0.1) is 0 Å². The number of para-hydroxylation sites is 1. The van der Waals surface area contributed by atoms with E-state index >= 15 is 0 Å². The number of hydrogen-bond donors (Lipinski definition) is 1. The van der Waals surface area contributed by atoms with Crippen LogP contribution in [0.2, 0.25) is 0 Å². The maximum Gasteiger partial charge on any atom is 0.324 e. The number of hydrogen-bond acceptors (Lipinski definition) is 5. The van der Waals surface area contributed by atoms with E-state index in [1.54, 1.807) is 0 Å². The van der Waals surface area contributed by atoms with Crippen molar-refractivity contribution in [3.63, 3.8) is 0 Å². The molecule has 9 heteroatoms. The van der Waals surface area contributed by atoms with E-state index in [1.165, 1.54) is 0 Å². The van der Waals surface area contributed by atoms with E-state index in [-0.39, 0.29) is 6.54 Å². The molecule has 1 aromatic carbocycles. The Kier molecular flexibility index (Phi) is 4.86. The molecule has 0 radical (unpaired) electrons. The van der Waals surface area contributed by atoms with Crippen LogP contribution in [0.4, 0.5) is 10.1 Å². The summed E-state index contributed by atoms with van der Waals surface area (Å²) in [5, 5.41) is 10.8. The van der Waals surface area contributed by atoms with Crippen LogP contribution in [0.3, 0.4) is 0 Å². The van der Waals surface area contributed by atoms with Gasteiger partial charge in [-0.3, -0.25) is 10.1 Å². The second-order valence-corrected chi connectivity index (χ2v) is 6.53. The molecule has 1 aliphatic rings. The Bertz CT molecular complexity index is 629. The number of likely N-dealkylation sites (tertiary alicyclic amines) is 1. The normalized spacial score (nSPS) is 16.2. The zero-order valence-corrected chi connectivity index (χ0v) is 12.1. The highest BCUT2D eigenvalue weighted by molar-refractivity contribution is 7.89. The molecule has 1 N–H and O–H groups in total. The minimum atomic E-state index is -4.11. The molecule has 1 aliphatic heterocycles. The molecule has 116 valence electrons. The van der Waals surface area contributed by atoms with Crippen LogP contribution in [0.5, 0.6) is 0 Å². The van der Waals surface area contributed by atoms with Crippen molar-refractivity contribution in [2.24, 2.45) is 0 Å². The summed E-state index contributed by atoms with van der Waals surface area (Å²) < 4.78 is 39.9. The van der Waals surface area contributed by atoms with Crippen molar-refractivity contribution in [1.82, 2.24) is 9.62 Å². The van der Waals surface area contributed by atoms with Gasteiger partial charge in [0, 0.05) is 13.1 Å². The molecule has 7 nitrogen and oxygen atoms in total. The van der Waals surface area contributed by atoms with Gasteiger partial charge in [0.2, 0.25) is 15.8 Å². The summed E-state index contributed by atoms with van der Waals surface area (Å²) in [6, 6.07) is 3.03. The monoisotopic (exact) mass is 317 g/mol. The van der Waals surface area contributed by atoms with Crippen molar-refractivity contribution < 1.29 is 17.7 Å². The Labute approximate surface area is 122 Å². The second kappa shape index (κ2) is 6.46. The maximum atomic E-state index is 13.5. The summed E-state index contributed by atoms with van der Waals surface area (Å²) in [6.07, 6.45) is 2.17. The number of sulfonamides is 1. The highest BCUT2D eigenvalue weighted by Gasteiger charge is 2.29. The highest BCUT2D eigenvalue weighted by Crippen LogP contribution is 2.26. The molecule has 0 atom stereocenters. The maximum absolute atomic E-state index is 13.5. The number of nitrogens with one attached hydrogen (secondary N) is 1. The highest BCUT2D eigenvalue weighted by atomic mass is 32.2. The summed E-state index contributed by atoms with van der Waals surface area (Å²) in [4.78, 5) is 11.3. The molecular weight excluding hydrogens is 301 g/mol. The predicted molar refractivity (Wildman–Crippen MR) is 73.9 cm³/mol. The lowest BCUT2D eigenvalue weighted by molar-refractivity contribution is -0.390. The molecule has 21 heavy (non-hydrogen) atoms. The molecule has 1 aromatic rings. The molecule has 0 aromatic heterocycles. The standard InChI is InChI=1S/C12H16FN3O4S/c13-10-4-3-5-11(12(10)16(17)18)21(19,20)14-6-9-15-7-1-2-8-15/h3-5,14H,1-2,6-9H2. The summed E-state index contributed by atoms with van der Waals surface area (Å²) in [7, 11) is -4.11. The number of nitro groups is 1. The minimum Gasteiger partial charge on any atom is -0.302 e. The molecule has 1 saturated heterocycles. The van der Waals surface area contributed by atoms with E-state index in [1.807, 2.05) is 0 Å². The second-order valence-electron chi connectivity index (χ2n) is 4.79. The predicted octanol–water partition coefficient (Wildman–Crippen LogP) is 1.11. The Morgan fingerprint density at radius 3 is 2.62 bits per heavy atom. The number of benzene rings is 1. The van der Waals surface area contributed by atoms with Crippen molar-refractivity contribution in [2.75, 3.05) is 26.2 Å². The van der Waals surface area contributed by atoms with E-state index in [4.69, 9.17) is 0 Å². The van der Waals surface area contributed by atoms with Crippen LogP contribution in [0, 0.1) is 15.9 Å². The fraction of sp³-hybridized carbons (Fsp3) is 0.500. The minimum absolute atomic E-state index is 0.135. The lowest BCUT2D eigenvalue weighted by Crippen LogP contribution is -2.33. The first-order valence-corrected chi connectivity index (χ1v) is 8.05. The number of halogens is 1. The van der Waals surface area contributed by atoms with Crippen molar-refractivity contribution in [2.45, 2.75) is 17.7 Å². The fourth-order valence-corrected chi connectivity index (χ4v) is 3.51. The van der Waals surface area contributed by atoms with Gasteiger partial charge in [-0.2, -0.15) is 4.39 Å². The summed E-state index contributed by atoms with van der Waals surface area (Å²) in [5.74, 6) is -1.16. The van der Waals surface area contributed by atoms with Gasteiger partial charge in [0.15, 0.2) is 4.90 Å². The number of nitrogens with zero attached hydrogens (tertiary/aromatic N) is 2. The molecule has 0 unspecified atom stereocenters. The zero-order chi connectivity index (χ0) is 15.5. The molecule has 2 rings (SSSR count). The van der Waals surface area contributed by atoms with Crippen molar-refractivity contribution >= 4 is 15.7 Å². The average molecular weight is 317 g/mol. The van der Waals surface area contributed by atoms with Crippen LogP contribution in [0.15, 0.2) is 23.1 Å². The number of nitro benzene ring substituents is 1. The topological polar surface area (TPSA) is 92.5 Å². The Morgan fingerprint density at radius 1 is 1.33 bits per heavy atom. The average Bonchev–Trinajstić information content (AvgIpc) is 2.91. The van der Waals surface area contributed by atoms with Gasteiger partial charge in [-0.1, -0.05) is 6.07 Å². The summed E-state index contributed by atoms with van der Waals surface area (Å²) in [6.45, 7) is 2.50. The van der Waals surface area contributed by atoms with E-state index < -0.39 is 31.3 Å². The molecule has 0 aliphatic carbocycles. The number of rotatable bonds is 6. The van der Waals surface area contributed by atoms with Crippen molar-refractivity contribution in [3.05, 3.63) is 34.1 Å². The first kappa shape index (κ1) is 15.8. The smallest absolute Gasteiger partial charge is 0.302 e. The van der Waals surface area contributed by atoms with Crippen molar-refractivity contribution in [3.8, 4) is 0 Å². The van der Waals surface area contributed by atoms with Crippen LogP contribution in [0.25, 0.3) is 0 Å².